The van der Waals surface area contributed by atoms with Gasteiger partial charge in [0.05, 0.1) is 0 Å². The molecule has 1 aliphatic heterocycles. The quantitative estimate of drug-likeness (QED) is 0.530. The molecule has 1 fully saturated rings. The molecule has 2 heteroatoms. The molecule has 1 radical (unpaired) electrons. The number of piperidine rings is 1. The van der Waals surface area contributed by atoms with Gasteiger partial charge in [-0.15, -0.1) is 0 Å². The van der Waals surface area contributed by atoms with Gasteiger partial charge in [-0.1, -0.05) is 25.7 Å². The minimum atomic E-state index is -0.744. The minimum Gasteiger partial charge on any atom is -0.378 e. The normalized spacial score (nSPS) is 21.7. The van der Waals surface area contributed by atoms with Crippen LogP contribution in [0.4, 0.5) is 0 Å². The summed E-state index contributed by atoms with van der Waals surface area (Å²) < 4.78 is 0. The number of rotatable bonds is 0. The van der Waals surface area contributed by atoms with E-state index in [4.69, 9.17) is 0 Å². The predicted molar refractivity (Wildman–Crippen MR) is 48.7 cm³/mol. The summed E-state index contributed by atoms with van der Waals surface area (Å²) in [6.07, 6.45) is 1.40. The summed E-state index contributed by atoms with van der Waals surface area (Å²) >= 11 is 0. The smallest absolute Gasteiger partial charge is 0.128 e. The fourth-order valence-electron chi connectivity index (χ4n) is 1.17. The Morgan fingerprint density at radius 3 is 2.42 bits per heavy atom. The van der Waals surface area contributed by atoms with Gasteiger partial charge in [0.15, 0.2) is 0 Å². The van der Waals surface area contributed by atoms with E-state index in [1.54, 1.807) is 0 Å². The van der Waals surface area contributed by atoms with Crippen LogP contribution in [0.1, 0.15) is 26.7 Å². The Morgan fingerprint density at radius 2 is 1.92 bits per heavy atom. The van der Waals surface area contributed by atoms with Crippen LogP contribution in [0.2, 0.25) is 0 Å². The van der Waals surface area contributed by atoms with Crippen LogP contribution in [-0.2, 0) is 0 Å². The molecule has 1 N–H and O–H groups in total. The average molecular weight is 166 g/mol. The highest BCUT2D eigenvalue weighted by Crippen LogP contribution is 2.17. The maximum atomic E-state index is 9.89. The highest BCUT2D eigenvalue weighted by atomic mass is 16.3. The first-order valence-corrected chi connectivity index (χ1v) is 4.51. The Balaban J connectivity index is 2.53. The number of hydrogen-bond donors (Lipinski definition) is 1. The lowest BCUT2D eigenvalue weighted by atomic mass is 9.93. The second-order valence-corrected chi connectivity index (χ2v) is 3.63. The van der Waals surface area contributed by atoms with Gasteiger partial charge < -0.3 is 5.11 Å². The van der Waals surface area contributed by atoms with Gasteiger partial charge >= 0.3 is 0 Å². The largest absolute Gasteiger partial charge is 0.378 e. The van der Waals surface area contributed by atoms with Crippen molar-refractivity contribution in [1.82, 2.24) is 5.32 Å². The van der Waals surface area contributed by atoms with Crippen molar-refractivity contribution in [2.75, 3.05) is 13.1 Å². The van der Waals surface area contributed by atoms with Crippen LogP contribution < -0.4 is 5.32 Å². The van der Waals surface area contributed by atoms with Crippen LogP contribution in [0.25, 0.3) is 0 Å². The van der Waals surface area contributed by atoms with Gasteiger partial charge in [-0.25, -0.2) is 5.32 Å². The van der Waals surface area contributed by atoms with Gasteiger partial charge in [0.2, 0.25) is 0 Å². The molecule has 0 unspecified atom stereocenters. The van der Waals surface area contributed by atoms with E-state index in [0.29, 0.717) is 18.8 Å². The van der Waals surface area contributed by atoms with Crippen LogP contribution >= 0.6 is 0 Å². The van der Waals surface area contributed by atoms with Crippen LogP contribution in [0.15, 0.2) is 0 Å². The predicted octanol–water partition coefficient (Wildman–Crippen LogP) is 0.775. The fraction of sp³-hybridized carbons (Fsp3) is 0.800. The van der Waals surface area contributed by atoms with Crippen molar-refractivity contribution in [2.24, 2.45) is 5.92 Å². The molecule has 1 heterocycles. The summed E-state index contributed by atoms with van der Waals surface area (Å²) in [4.78, 5) is 0. The maximum absolute atomic E-state index is 9.89. The Labute approximate surface area is 74.4 Å². The third kappa shape index (κ3) is 2.84. The van der Waals surface area contributed by atoms with Crippen molar-refractivity contribution in [3.8, 4) is 11.8 Å². The SMILES string of the molecule is CC(C)C#CC1(O)CC[N]CC1. The molecule has 1 rings (SSSR count). The molecule has 0 bridgehead atoms. The van der Waals surface area contributed by atoms with E-state index < -0.39 is 5.60 Å². The molecule has 0 amide bonds. The molecule has 12 heavy (non-hydrogen) atoms. The molecule has 67 valence electrons. The Hall–Kier alpha value is -0.520. The zero-order chi connectivity index (χ0) is 9.03. The highest BCUT2D eigenvalue weighted by molar-refractivity contribution is 5.15. The zero-order valence-corrected chi connectivity index (χ0v) is 7.80. The molecule has 0 spiro atoms. The second-order valence-electron chi connectivity index (χ2n) is 3.63. The third-order valence-electron chi connectivity index (χ3n) is 1.96. The van der Waals surface area contributed by atoms with E-state index in [1.807, 2.05) is 13.8 Å². The molecule has 0 saturated carbocycles. The standard InChI is InChI=1S/C10H16NO/c1-9(2)3-4-10(12)5-7-11-8-6-10/h9,12H,5-8H2,1-2H3. The van der Waals surface area contributed by atoms with E-state index in [-0.39, 0.29) is 0 Å². The molecule has 0 atom stereocenters. The van der Waals surface area contributed by atoms with Gasteiger partial charge in [-0.05, 0) is 0 Å². The van der Waals surface area contributed by atoms with Crippen molar-refractivity contribution in [1.29, 1.82) is 0 Å². The van der Waals surface area contributed by atoms with Crippen LogP contribution in [0, 0.1) is 17.8 Å². The Bertz CT molecular complexity index is 194. The maximum Gasteiger partial charge on any atom is 0.128 e. The lowest BCUT2D eigenvalue weighted by molar-refractivity contribution is 0.0668. The highest BCUT2D eigenvalue weighted by Gasteiger charge is 2.26. The lowest BCUT2D eigenvalue weighted by Crippen LogP contribution is -2.37. The summed E-state index contributed by atoms with van der Waals surface area (Å²) in [6, 6.07) is 0. The number of nitrogens with zero attached hydrogens (tertiary/aromatic N) is 1. The molecular weight excluding hydrogens is 150 g/mol. The lowest BCUT2D eigenvalue weighted by Gasteiger charge is -2.26. The third-order valence-corrected chi connectivity index (χ3v) is 1.96. The average Bonchev–Trinajstić information content (AvgIpc) is 2.03. The van der Waals surface area contributed by atoms with E-state index in [9.17, 15) is 5.11 Å². The van der Waals surface area contributed by atoms with Gasteiger partial charge in [-0.3, -0.25) is 0 Å². The van der Waals surface area contributed by atoms with E-state index in [0.717, 1.165) is 13.1 Å². The van der Waals surface area contributed by atoms with Crippen LogP contribution in [-0.4, -0.2) is 23.8 Å². The summed E-state index contributed by atoms with van der Waals surface area (Å²) in [7, 11) is 0. The molecule has 1 saturated heterocycles. The molecular formula is C10H16NO. The van der Waals surface area contributed by atoms with Crippen LogP contribution in [0.5, 0.6) is 0 Å². The molecule has 0 aromatic carbocycles. The van der Waals surface area contributed by atoms with Crippen molar-refractivity contribution >= 4 is 0 Å². The van der Waals surface area contributed by atoms with Crippen molar-refractivity contribution < 1.29 is 5.11 Å². The zero-order valence-electron chi connectivity index (χ0n) is 7.80. The van der Waals surface area contributed by atoms with Gasteiger partial charge in [0, 0.05) is 31.8 Å². The molecule has 2 nitrogen and oxygen atoms in total. The molecule has 0 aromatic heterocycles. The fourth-order valence-corrected chi connectivity index (χ4v) is 1.17. The summed E-state index contributed by atoms with van der Waals surface area (Å²) in [5.41, 5.74) is -0.744. The molecule has 0 aliphatic carbocycles. The number of aliphatic hydroxyl groups is 1. The second kappa shape index (κ2) is 3.93. The van der Waals surface area contributed by atoms with E-state index in [2.05, 4.69) is 17.2 Å². The first-order valence-electron chi connectivity index (χ1n) is 4.51. The summed E-state index contributed by atoms with van der Waals surface area (Å²) in [6.45, 7) is 5.57. The van der Waals surface area contributed by atoms with E-state index >= 15 is 0 Å². The minimum absolute atomic E-state index is 0.341. The molecule has 0 aromatic rings. The number of hydrogen-bond acceptors (Lipinski definition) is 1. The summed E-state index contributed by atoms with van der Waals surface area (Å²) in [5.74, 6) is 6.30. The monoisotopic (exact) mass is 166 g/mol. The first-order chi connectivity index (χ1) is 5.62. The molecule has 1 aliphatic rings. The van der Waals surface area contributed by atoms with Crippen molar-refractivity contribution in [3.63, 3.8) is 0 Å². The Morgan fingerprint density at radius 1 is 1.33 bits per heavy atom. The van der Waals surface area contributed by atoms with Crippen LogP contribution in [0.3, 0.4) is 0 Å². The first kappa shape index (κ1) is 9.57. The van der Waals surface area contributed by atoms with Crippen molar-refractivity contribution in [3.05, 3.63) is 0 Å². The van der Waals surface area contributed by atoms with Gasteiger partial charge in [-0.2, -0.15) is 0 Å². The van der Waals surface area contributed by atoms with Gasteiger partial charge in [0.25, 0.3) is 0 Å². The topological polar surface area (TPSA) is 34.3 Å². The Kier molecular flexibility index (Phi) is 3.13. The summed E-state index contributed by atoms with van der Waals surface area (Å²) in [5, 5.41) is 14.1. The van der Waals surface area contributed by atoms with Gasteiger partial charge in [0.1, 0.15) is 5.60 Å². The van der Waals surface area contributed by atoms with E-state index in [1.165, 1.54) is 0 Å². The van der Waals surface area contributed by atoms with Crippen molar-refractivity contribution in [2.45, 2.75) is 32.3 Å².